The second kappa shape index (κ2) is 7.17. The van der Waals surface area contributed by atoms with Crippen LogP contribution in [-0.2, 0) is 16.4 Å². The van der Waals surface area contributed by atoms with E-state index in [9.17, 15) is 8.42 Å². The maximum absolute atomic E-state index is 12.1. The first-order valence-electron chi connectivity index (χ1n) is 6.80. The van der Waals surface area contributed by atoms with Crippen LogP contribution in [0.4, 0.5) is 5.69 Å². The maximum Gasteiger partial charge on any atom is 0.233 e. The van der Waals surface area contributed by atoms with Crippen LogP contribution in [-0.4, -0.2) is 28.4 Å². The minimum Gasteiger partial charge on any atom is -0.497 e. The van der Waals surface area contributed by atoms with Crippen LogP contribution in [0, 0.1) is 0 Å². The lowest BCUT2D eigenvalue weighted by Crippen LogP contribution is -2.18. The lowest BCUT2D eigenvalue weighted by atomic mass is 10.2. The summed E-state index contributed by atoms with van der Waals surface area (Å²) in [5.41, 5.74) is 1.44. The Kier molecular flexibility index (Phi) is 5.27. The van der Waals surface area contributed by atoms with Crippen molar-refractivity contribution in [1.82, 2.24) is 0 Å². The summed E-state index contributed by atoms with van der Waals surface area (Å²) >= 11 is 0. The number of anilines is 1. The van der Waals surface area contributed by atoms with Crippen LogP contribution in [0.25, 0.3) is 0 Å². The predicted molar refractivity (Wildman–Crippen MR) is 87.1 cm³/mol. The quantitative estimate of drug-likeness (QED) is 0.851. The summed E-state index contributed by atoms with van der Waals surface area (Å²) in [6.07, 6.45) is 0.419. The van der Waals surface area contributed by atoms with E-state index in [4.69, 9.17) is 9.47 Å². The zero-order chi connectivity index (χ0) is 16.0. The molecular weight excluding hydrogens is 302 g/mol. The fourth-order valence-corrected chi connectivity index (χ4v) is 3.07. The highest BCUT2D eigenvalue weighted by molar-refractivity contribution is 7.92. The zero-order valence-corrected chi connectivity index (χ0v) is 13.4. The van der Waals surface area contributed by atoms with Crippen molar-refractivity contribution >= 4 is 15.7 Å². The molecule has 0 aromatic heterocycles. The molecule has 2 aromatic rings. The number of methoxy groups -OCH3 is 2. The van der Waals surface area contributed by atoms with Crippen molar-refractivity contribution in [3.8, 4) is 11.5 Å². The maximum atomic E-state index is 12.1. The molecule has 118 valence electrons. The molecule has 1 N–H and O–H groups in total. The topological polar surface area (TPSA) is 64.6 Å². The molecule has 22 heavy (non-hydrogen) atoms. The van der Waals surface area contributed by atoms with Crippen LogP contribution in [0.1, 0.15) is 5.56 Å². The predicted octanol–water partition coefficient (Wildman–Crippen LogP) is 2.69. The third-order valence-corrected chi connectivity index (χ3v) is 4.45. The third-order valence-electron chi connectivity index (χ3n) is 3.16. The summed E-state index contributed by atoms with van der Waals surface area (Å²) in [7, 11) is -0.256. The van der Waals surface area contributed by atoms with E-state index in [1.807, 2.05) is 24.3 Å². The minimum absolute atomic E-state index is 0.00615. The van der Waals surface area contributed by atoms with Crippen molar-refractivity contribution in [1.29, 1.82) is 0 Å². The summed E-state index contributed by atoms with van der Waals surface area (Å²) < 4.78 is 36.9. The van der Waals surface area contributed by atoms with Gasteiger partial charge in [0.25, 0.3) is 0 Å². The number of aryl methyl sites for hydroxylation is 1. The van der Waals surface area contributed by atoms with Crippen molar-refractivity contribution in [2.75, 3.05) is 24.7 Å². The van der Waals surface area contributed by atoms with E-state index in [0.717, 1.165) is 11.3 Å². The minimum atomic E-state index is -3.40. The number of benzene rings is 2. The van der Waals surface area contributed by atoms with Crippen molar-refractivity contribution in [2.24, 2.45) is 0 Å². The van der Waals surface area contributed by atoms with Crippen LogP contribution in [0.2, 0.25) is 0 Å². The van der Waals surface area contributed by atoms with Gasteiger partial charge in [0, 0.05) is 5.69 Å². The Labute approximate surface area is 130 Å². The molecule has 0 aliphatic heterocycles. The molecule has 0 spiro atoms. The Hall–Kier alpha value is -2.21. The van der Waals surface area contributed by atoms with Crippen molar-refractivity contribution in [3.05, 3.63) is 54.1 Å². The van der Waals surface area contributed by atoms with Gasteiger partial charge in [0.1, 0.15) is 11.5 Å². The Balaban J connectivity index is 1.98. The summed E-state index contributed by atoms with van der Waals surface area (Å²) in [6.45, 7) is 0. The number of hydrogen-bond donors (Lipinski definition) is 1. The summed E-state index contributed by atoms with van der Waals surface area (Å²) in [6, 6.07) is 14.1. The van der Waals surface area contributed by atoms with E-state index in [0.29, 0.717) is 17.9 Å². The molecule has 0 amide bonds. The molecule has 0 aliphatic carbocycles. The zero-order valence-electron chi connectivity index (χ0n) is 12.6. The second-order valence-corrected chi connectivity index (χ2v) is 6.59. The van der Waals surface area contributed by atoms with Gasteiger partial charge in [-0.2, -0.15) is 0 Å². The first-order valence-corrected chi connectivity index (χ1v) is 8.45. The van der Waals surface area contributed by atoms with Gasteiger partial charge in [0.05, 0.1) is 20.0 Å². The van der Waals surface area contributed by atoms with E-state index in [1.165, 1.54) is 0 Å². The van der Waals surface area contributed by atoms with E-state index in [2.05, 4.69) is 4.72 Å². The normalized spacial score (nSPS) is 11.0. The number of nitrogens with one attached hydrogen (secondary N) is 1. The van der Waals surface area contributed by atoms with E-state index in [1.54, 1.807) is 38.5 Å². The molecule has 0 unspecified atom stereocenters. The van der Waals surface area contributed by atoms with Gasteiger partial charge in [-0.1, -0.05) is 12.1 Å². The smallest absolute Gasteiger partial charge is 0.233 e. The monoisotopic (exact) mass is 321 g/mol. The number of ether oxygens (including phenoxy) is 2. The highest BCUT2D eigenvalue weighted by Gasteiger charge is 2.11. The van der Waals surface area contributed by atoms with E-state index < -0.39 is 10.0 Å². The SMILES string of the molecule is COc1ccc(NS(=O)(=O)CCc2cccc(OC)c2)cc1. The van der Waals surface area contributed by atoms with Gasteiger partial charge in [0.15, 0.2) is 0 Å². The molecule has 0 bridgehead atoms. The number of hydrogen-bond acceptors (Lipinski definition) is 4. The standard InChI is InChI=1S/C16H19NO4S/c1-20-15-8-6-14(7-9-15)17-22(18,19)11-10-13-4-3-5-16(12-13)21-2/h3-9,12,17H,10-11H2,1-2H3. The van der Waals surface area contributed by atoms with Gasteiger partial charge in [0.2, 0.25) is 10.0 Å². The van der Waals surface area contributed by atoms with Crippen LogP contribution in [0.15, 0.2) is 48.5 Å². The molecule has 0 radical (unpaired) electrons. The highest BCUT2D eigenvalue weighted by atomic mass is 32.2. The Morgan fingerprint density at radius 2 is 1.64 bits per heavy atom. The van der Waals surface area contributed by atoms with E-state index in [-0.39, 0.29) is 5.75 Å². The van der Waals surface area contributed by atoms with Crippen molar-refractivity contribution in [3.63, 3.8) is 0 Å². The van der Waals surface area contributed by atoms with Gasteiger partial charge >= 0.3 is 0 Å². The highest BCUT2D eigenvalue weighted by Crippen LogP contribution is 2.17. The fraction of sp³-hybridized carbons (Fsp3) is 0.250. The molecule has 2 rings (SSSR count). The van der Waals surface area contributed by atoms with Gasteiger partial charge < -0.3 is 9.47 Å². The molecule has 0 saturated carbocycles. The summed E-state index contributed by atoms with van der Waals surface area (Å²) in [5.74, 6) is 1.41. The largest absolute Gasteiger partial charge is 0.497 e. The van der Waals surface area contributed by atoms with Crippen molar-refractivity contribution in [2.45, 2.75) is 6.42 Å². The summed E-state index contributed by atoms with van der Waals surface area (Å²) in [4.78, 5) is 0. The molecule has 0 aliphatic rings. The first-order chi connectivity index (χ1) is 10.5. The average Bonchev–Trinajstić information content (AvgIpc) is 2.54. The Morgan fingerprint density at radius 3 is 2.27 bits per heavy atom. The molecule has 0 saturated heterocycles. The summed E-state index contributed by atoms with van der Waals surface area (Å²) in [5, 5.41) is 0. The third kappa shape index (κ3) is 4.66. The lowest BCUT2D eigenvalue weighted by Gasteiger charge is -2.09. The van der Waals surface area contributed by atoms with Crippen LogP contribution >= 0.6 is 0 Å². The fourth-order valence-electron chi connectivity index (χ4n) is 1.97. The molecule has 6 heteroatoms. The van der Waals surface area contributed by atoms with E-state index >= 15 is 0 Å². The first kappa shape index (κ1) is 16.2. The Bertz CT molecular complexity index is 711. The molecular formula is C16H19NO4S. The number of rotatable bonds is 7. The molecule has 0 atom stereocenters. The Morgan fingerprint density at radius 1 is 0.955 bits per heavy atom. The van der Waals surface area contributed by atoms with Crippen LogP contribution < -0.4 is 14.2 Å². The van der Waals surface area contributed by atoms with Gasteiger partial charge in [-0.25, -0.2) is 8.42 Å². The van der Waals surface area contributed by atoms with Gasteiger partial charge in [-0.05, 0) is 48.4 Å². The van der Waals surface area contributed by atoms with Crippen molar-refractivity contribution < 1.29 is 17.9 Å². The molecule has 5 nitrogen and oxygen atoms in total. The molecule has 2 aromatic carbocycles. The lowest BCUT2D eigenvalue weighted by molar-refractivity contribution is 0.414. The second-order valence-electron chi connectivity index (χ2n) is 4.75. The van der Waals surface area contributed by atoms with Crippen LogP contribution in [0.3, 0.4) is 0 Å². The van der Waals surface area contributed by atoms with Gasteiger partial charge in [-0.3, -0.25) is 4.72 Å². The van der Waals surface area contributed by atoms with Crippen LogP contribution in [0.5, 0.6) is 11.5 Å². The molecule has 0 heterocycles. The average molecular weight is 321 g/mol. The number of sulfonamides is 1. The van der Waals surface area contributed by atoms with Gasteiger partial charge in [-0.15, -0.1) is 0 Å². The molecule has 0 fully saturated rings.